The second-order valence-electron chi connectivity index (χ2n) is 1.95. The average Bonchev–Trinajstić information content (AvgIpc) is 2.34. The molecule has 0 spiro atoms. The Morgan fingerprint density at radius 2 is 2.56 bits per heavy atom. The second-order valence-corrected chi connectivity index (χ2v) is 2.66. The first-order valence-electron chi connectivity index (χ1n) is 3.00. The Balaban J connectivity index is 2.14. The first-order valence-corrected chi connectivity index (χ1v) is 4.74. The van der Waals surface area contributed by atoms with Gasteiger partial charge in [0.05, 0.1) is 0 Å². The van der Waals surface area contributed by atoms with Crippen LogP contribution in [0.15, 0.2) is 23.8 Å². The third kappa shape index (κ3) is 2.60. The van der Waals surface area contributed by atoms with Crippen molar-refractivity contribution in [2.24, 2.45) is 0 Å². The summed E-state index contributed by atoms with van der Waals surface area (Å²) in [6.07, 6.45) is 7.46. The summed E-state index contributed by atoms with van der Waals surface area (Å²) in [6.45, 7) is 0.832. The van der Waals surface area contributed by atoms with Crippen LogP contribution in [-0.2, 0) is 29.5 Å². The minimum atomic E-state index is 0.832. The molecule has 9 heavy (non-hydrogen) atoms. The molecule has 0 aliphatic heterocycles. The van der Waals surface area contributed by atoms with E-state index in [1.165, 1.54) is 30.3 Å². The number of hydrogen-bond acceptors (Lipinski definition) is 1. The van der Waals surface area contributed by atoms with Crippen molar-refractivity contribution in [1.82, 2.24) is 0 Å². The molecule has 0 N–H and O–H groups in total. The molecule has 1 nitrogen and oxygen atoms in total. The summed E-state index contributed by atoms with van der Waals surface area (Å²) in [7, 11) is 0. The van der Waals surface area contributed by atoms with E-state index in [9.17, 15) is 0 Å². The van der Waals surface area contributed by atoms with Crippen molar-refractivity contribution in [2.75, 3.05) is 10.9 Å². The van der Waals surface area contributed by atoms with Gasteiger partial charge >= 0.3 is 70.6 Å². The molecule has 0 aromatic heterocycles. The van der Waals surface area contributed by atoms with Crippen LogP contribution in [-0.4, -0.2) is 10.9 Å². The summed E-state index contributed by atoms with van der Waals surface area (Å²) < 4.78 is 6.16. The summed E-state index contributed by atoms with van der Waals surface area (Å²) >= 11 is 1.46. The Kier molecular flexibility index (Phi) is 3.46. The molecule has 0 aromatic rings. The van der Waals surface area contributed by atoms with Gasteiger partial charge in [0.15, 0.2) is 0 Å². The molecule has 0 saturated carbocycles. The average molecular weight is 200 g/mol. The quantitative estimate of drug-likeness (QED) is 0.669. The van der Waals surface area contributed by atoms with Gasteiger partial charge in [-0.15, -0.1) is 0 Å². The Morgan fingerprint density at radius 1 is 1.67 bits per heavy atom. The molecule has 47 valence electrons. The fourth-order valence-corrected chi connectivity index (χ4v) is 1.03. The summed E-state index contributed by atoms with van der Waals surface area (Å²) in [5.74, 6) is 0. The third-order valence-electron chi connectivity index (χ3n) is 1.24. The molecule has 0 fully saturated rings. The SMILES string of the molecule is [Zr][CH2]OCC1=CC=CC1. The van der Waals surface area contributed by atoms with E-state index in [-0.39, 0.29) is 0 Å². The third-order valence-corrected chi connectivity index (χ3v) is 1.74. The van der Waals surface area contributed by atoms with Crippen LogP contribution in [0.5, 0.6) is 0 Å². The van der Waals surface area contributed by atoms with Gasteiger partial charge in [0.25, 0.3) is 0 Å². The molecule has 0 amide bonds. The Morgan fingerprint density at radius 3 is 3.11 bits per heavy atom. The topological polar surface area (TPSA) is 9.23 Å². The van der Waals surface area contributed by atoms with Gasteiger partial charge in [-0.2, -0.15) is 0 Å². The predicted molar refractivity (Wildman–Crippen MR) is 32.7 cm³/mol. The standard InChI is InChI=1S/C7H9O.Zr/c1-8-6-7-4-2-3-5-7;/h2-4H,1,5-6H2;. The molecular formula is C7H9OZr. The molecule has 0 heterocycles. The van der Waals surface area contributed by atoms with Crippen LogP contribution in [0.25, 0.3) is 0 Å². The van der Waals surface area contributed by atoms with Crippen LogP contribution >= 0.6 is 0 Å². The van der Waals surface area contributed by atoms with Gasteiger partial charge < -0.3 is 0 Å². The van der Waals surface area contributed by atoms with E-state index in [0.717, 1.165) is 17.3 Å². The molecular weight excluding hydrogens is 191 g/mol. The van der Waals surface area contributed by atoms with Gasteiger partial charge in [-0.05, 0) is 0 Å². The Labute approximate surface area is 70.6 Å². The van der Waals surface area contributed by atoms with Crippen molar-refractivity contribution < 1.29 is 29.5 Å². The normalized spacial score (nSPS) is 16.1. The maximum atomic E-state index is 5.25. The van der Waals surface area contributed by atoms with Gasteiger partial charge in [-0.1, -0.05) is 0 Å². The van der Waals surface area contributed by atoms with Gasteiger partial charge in [-0.3, -0.25) is 0 Å². The number of hydrogen-bond donors (Lipinski definition) is 0. The van der Waals surface area contributed by atoms with E-state index < -0.39 is 0 Å². The summed E-state index contributed by atoms with van der Waals surface area (Å²) in [4.78, 5) is 0. The predicted octanol–water partition coefficient (Wildman–Crippen LogP) is 1.39. The molecule has 0 aromatic carbocycles. The van der Waals surface area contributed by atoms with Crippen LogP contribution in [0, 0.1) is 0 Å². The molecule has 1 aliphatic carbocycles. The van der Waals surface area contributed by atoms with Crippen molar-refractivity contribution in [1.29, 1.82) is 0 Å². The minimum absolute atomic E-state index is 0.832. The molecule has 0 unspecified atom stereocenters. The van der Waals surface area contributed by atoms with Crippen LogP contribution in [0.3, 0.4) is 0 Å². The number of allylic oxidation sites excluding steroid dienone is 3. The molecule has 2 heteroatoms. The van der Waals surface area contributed by atoms with E-state index in [1.807, 2.05) is 0 Å². The van der Waals surface area contributed by atoms with Crippen molar-refractivity contribution in [3.8, 4) is 0 Å². The Hall–Kier alpha value is 0.323. The van der Waals surface area contributed by atoms with E-state index in [2.05, 4.69) is 18.2 Å². The monoisotopic (exact) mass is 199 g/mol. The van der Waals surface area contributed by atoms with E-state index >= 15 is 0 Å². The van der Waals surface area contributed by atoms with Crippen molar-refractivity contribution in [2.45, 2.75) is 6.42 Å². The summed E-state index contributed by atoms with van der Waals surface area (Å²) in [5, 5.41) is 0. The van der Waals surface area contributed by atoms with E-state index in [1.54, 1.807) is 0 Å². The fraction of sp³-hybridized carbons (Fsp3) is 0.429. The van der Waals surface area contributed by atoms with Gasteiger partial charge in [0, 0.05) is 0 Å². The molecule has 1 aliphatic rings. The van der Waals surface area contributed by atoms with Gasteiger partial charge in [-0.25, -0.2) is 0 Å². The second kappa shape index (κ2) is 4.19. The first-order chi connectivity index (χ1) is 4.43. The zero-order chi connectivity index (χ0) is 6.53. The fourth-order valence-electron chi connectivity index (χ4n) is 0.781. The molecule has 1 rings (SSSR count). The number of ether oxygens (including phenoxy) is 1. The van der Waals surface area contributed by atoms with E-state index in [4.69, 9.17) is 4.74 Å². The maximum absolute atomic E-state index is 5.25. The molecule has 0 radical (unpaired) electrons. The zero-order valence-corrected chi connectivity index (χ0v) is 7.72. The van der Waals surface area contributed by atoms with Crippen molar-refractivity contribution in [3.05, 3.63) is 23.8 Å². The molecule has 0 saturated heterocycles. The van der Waals surface area contributed by atoms with Crippen LogP contribution < -0.4 is 0 Å². The molecule has 0 bridgehead atoms. The van der Waals surface area contributed by atoms with Crippen molar-refractivity contribution in [3.63, 3.8) is 0 Å². The van der Waals surface area contributed by atoms with Crippen LogP contribution in [0.2, 0.25) is 0 Å². The van der Waals surface area contributed by atoms with Gasteiger partial charge in [0.2, 0.25) is 0 Å². The molecule has 0 atom stereocenters. The summed E-state index contributed by atoms with van der Waals surface area (Å²) in [6, 6.07) is 0. The van der Waals surface area contributed by atoms with Crippen molar-refractivity contribution >= 4 is 0 Å². The van der Waals surface area contributed by atoms with E-state index in [0.29, 0.717) is 0 Å². The number of rotatable bonds is 3. The van der Waals surface area contributed by atoms with Crippen LogP contribution in [0.1, 0.15) is 6.42 Å². The first kappa shape index (κ1) is 7.43. The van der Waals surface area contributed by atoms with Crippen LogP contribution in [0.4, 0.5) is 0 Å². The Bertz CT molecular complexity index is 138. The summed E-state index contributed by atoms with van der Waals surface area (Å²) in [5.41, 5.74) is 1.40. The van der Waals surface area contributed by atoms with Gasteiger partial charge in [0.1, 0.15) is 0 Å². The zero-order valence-electron chi connectivity index (χ0n) is 5.26.